The lowest BCUT2D eigenvalue weighted by Gasteiger charge is -2.37. The summed E-state index contributed by atoms with van der Waals surface area (Å²) in [5, 5.41) is 0.604. The van der Waals surface area contributed by atoms with E-state index < -0.39 is 0 Å². The van der Waals surface area contributed by atoms with Gasteiger partial charge in [-0.2, -0.15) is 0 Å². The van der Waals surface area contributed by atoms with Crippen LogP contribution in [0, 0.1) is 0 Å². The Hall–Kier alpha value is -1.85. The van der Waals surface area contributed by atoms with E-state index in [1.807, 2.05) is 30.9 Å². The number of morpholine rings is 1. The van der Waals surface area contributed by atoms with Crippen molar-refractivity contribution in [3.8, 4) is 0 Å². The van der Waals surface area contributed by atoms with Crippen molar-refractivity contribution in [2.45, 2.75) is 58.7 Å². The molecule has 2 aliphatic heterocycles. The lowest BCUT2D eigenvalue weighted by molar-refractivity contribution is -0.138. The Morgan fingerprint density at radius 2 is 1.64 bits per heavy atom. The number of unbranched alkanes of at least 4 members (excludes halogenated alkanes) is 3. The van der Waals surface area contributed by atoms with Gasteiger partial charge in [0.2, 0.25) is 0 Å². The molecule has 2 amide bonds. The number of hydrogen-bond donors (Lipinski definition) is 0. The molecule has 2 aliphatic rings. The summed E-state index contributed by atoms with van der Waals surface area (Å²) in [5.41, 5.74) is 1.73. The first-order valence-electron chi connectivity index (χ1n) is 10.2. The van der Waals surface area contributed by atoms with Crippen LogP contribution >= 0.6 is 11.6 Å². The minimum atomic E-state index is -0.203. The van der Waals surface area contributed by atoms with E-state index in [4.69, 9.17) is 16.3 Å². The van der Waals surface area contributed by atoms with Gasteiger partial charge in [0.05, 0.1) is 17.8 Å². The molecule has 2 heterocycles. The van der Waals surface area contributed by atoms with Crippen molar-refractivity contribution < 1.29 is 14.3 Å². The zero-order chi connectivity index (χ0) is 20.3. The number of rotatable bonds is 7. The van der Waals surface area contributed by atoms with E-state index in [0.29, 0.717) is 35.9 Å². The Balaban J connectivity index is 1.94. The second-order valence-electron chi connectivity index (χ2n) is 7.72. The minimum Gasteiger partial charge on any atom is -0.372 e. The molecule has 0 saturated carbocycles. The van der Waals surface area contributed by atoms with Gasteiger partial charge in [0.15, 0.2) is 0 Å². The Morgan fingerprint density at radius 1 is 1.00 bits per heavy atom. The molecule has 1 saturated heterocycles. The van der Waals surface area contributed by atoms with Crippen LogP contribution in [0.4, 0.5) is 0 Å². The number of ether oxygens (including phenoxy) is 1. The van der Waals surface area contributed by atoms with Gasteiger partial charge in [0.1, 0.15) is 5.70 Å². The highest BCUT2D eigenvalue weighted by atomic mass is 35.5. The fourth-order valence-electron chi connectivity index (χ4n) is 3.99. The molecule has 0 bridgehead atoms. The lowest BCUT2D eigenvalue weighted by Crippen LogP contribution is -2.47. The highest BCUT2D eigenvalue weighted by Crippen LogP contribution is 2.34. The quantitative estimate of drug-likeness (QED) is 0.507. The molecule has 152 valence electrons. The Labute approximate surface area is 172 Å². The summed E-state index contributed by atoms with van der Waals surface area (Å²) >= 11 is 6.03. The third-order valence-electron chi connectivity index (χ3n) is 5.25. The molecule has 0 aromatic heterocycles. The van der Waals surface area contributed by atoms with Crippen molar-refractivity contribution in [2.24, 2.45) is 0 Å². The maximum atomic E-state index is 13.3. The normalized spacial score (nSPS) is 23.1. The van der Waals surface area contributed by atoms with E-state index in [0.717, 1.165) is 31.2 Å². The van der Waals surface area contributed by atoms with Gasteiger partial charge in [-0.25, -0.2) is 0 Å². The molecular weight excluding hydrogens is 376 g/mol. The van der Waals surface area contributed by atoms with E-state index in [1.165, 1.54) is 4.90 Å². The number of carbonyl (C=O) groups excluding carboxylic acids is 2. The average Bonchev–Trinajstić information content (AvgIpc) is 2.89. The Kier molecular flexibility index (Phi) is 6.78. The standard InChI is InChI=1S/C22H29ClN2O3/c1-4-5-6-7-12-25-21(26)19(17-8-10-18(23)11-9-17)20(22(25)27)24-13-15(2)28-16(3)14-24/h8-11,15-16H,4-7,12-14H2,1-3H3. The van der Waals surface area contributed by atoms with E-state index in [2.05, 4.69) is 6.92 Å². The van der Waals surface area contributed by atoms with E-state index in [9.17, 15) is 9.59 Å². The molecule has 28 heavy (non-hydrogen) atoms. The molecule has 0 aliphatic carbocycles. The number of halogens is 1. The van der Waals surface area contributed by atoms with Crippen molar-refractivity contribution in [3.05, 3.63) is 40.5 Å². The average molecular weight is 405 g/mol. The maximum absolute atomic E-state index is 13.3. The van der Waals surface area contributed by atoms with Crippen LogP contribution < -0.4 is 0 Å². The zero-order valence-corrected chi connectivity index (χ0v) is 17.7. The van der Waals surface area contributed by atoms with Gasteiger partial charge < -0.3 is 9.64 Å². The van der Waals surface area contributed by atoms with Gasteiger partial charge in [-0.3, -0.25) is 14.5 Å². The lowest BCUT2D eigenvalue weighted by atomic mass is 10.0. The van der Waals surface area contributed by atoms with Crippen LogP contribution in [0.5, 0.6) is 0 Å². The molecule has 2 unspecified atom stereocenters. The highest BCUT2D eigenvalue weighted by Gasteiger charge is 2.42. The van der Waals surface area contributed by atoms with E-state index >= 15 is 0 Å². The number of carbonyl (C=O) groups is 2. The first-order chi connectivity index (χ1) is 13.4. The molecule has 1 fully saturated rings. The van der Waals surface area contributed by atoms with Gasteiger partial charge >= 0.3 is 0 Å². The number of amides is 2. The van der Waals surface area contributed by atoms with Crippen molar-refractivity contribution in [2.75, 3.05) is 19.6 Å². The summed E-state index contributed by atoms with van der Waals surface area (Å²) in [6.45, 7) is 7.79. The maximum Gasteiger partial charge on any atom is 0.277 e. The second kappa shape index (κ2) is 9.10. The van der Waals surface area contributed by atoms with Crippen LogP contribution in [0.15, 0.2) is 30.0 Å². The molecule has 1 aromatic carbocycles. The fourth-order valence-corrected chi connectivity index (χ4v) is 4.12. The largest absolute Gasteiger partial charge is 0.372 e. The number of imide groups is 1. The van der Waals surface area contributed by atoms with E-state index in [1.54, 1.807) is 12.1 Å². The smallest absolute Gasteiger partial charge is 0.277 e. The number of benzene rings is 1. The molecular formula is C22H29ClN2O3. The predicted molar refractivity (Wildman–Crippen MR) is 111 cm³/mol. The van der Waals surface area contributed by atoms with E-state index in [-0.39, 0.29) is 24.0 Å². The molecule has 2 atom stereocenters. The SMILES string of the molecule is CCCCCCN1C(=O)C(c2ccc(Cl)cc2)=C(N2CC(C)OC(C)C2)C1=O. The number of nitrogens with zero attached hydrogens (tertiary/aromatic N) is 2. The topological polar surface area (TPSA) is 49.9 Å². The van der Waals surface area contributed by atoms with Crippen molar-refractivity contribution in [1.29, 1.82) is 0 Å². The van der Waals surface area contributed by atoms with Crippen LogP contribution in [0.1, 0.15) is 52.0 Å². The molecule has 6 heteroatoms. The third-order valence-corrected chi connectivity index (χ3v) is 5.50. The third kappa shape index (κ3) is 4.41. The van der Waals surface area contributed by atoms with Gasteiger partial charge in [-0.05, 0) is 38.0 Å². The molecule has 3 rings (SSSR count). The van der Waals surface area contributed by atoms with Crippen LogP contribution in [0.2, 0.25) is 5.02 Å². The molecule has 0 spiro atoms. The summed E-state index contributed by atoms with van der Waals surface area (Å²) in [6.07, 6.45) is 4.09. The van der Waals surface area contributed by atoms with Gasteiger partial charge in [0.25, 0.3) is 11.8 Å². The first kappa shape index (κ1) is 20.9. The van der Waals surface area contributed by atoms with Crippen LogP contribution in [0.3, 0.4) is 0 Å². The molecule has 1 aromatic rings. The van der Waals surface area contributed by atoms with Crippen LogP contribution in [0.25, 0.3) is 5.57 Å². The first-order valence-corrected chi connectivity index (χ1v) is 10.6. The molecule has 0 N–H and O–H groups in total. The summed E-state index contributed by atoms with van der Waals surface area (Å²) < 4.78 is 5.82. The summed E-state index contributed by atoms with van der Waals surface area (Å²) in [4.78, 5) is 30.0. The van der Waals surface area contributed by atoms with Gasteiger partial charge in [-0.15, -0.1) is 0 Å². The molecule has 5 nitrogen and oxygen atoms in total. The predicted octanol–water partition coefficient (Wildman–Crippen LogP) is 4.11. The fraction of sp³-hybridized carbons (Fsp3) is 0.545. The van der Waals surface area contributed by atoms with Crippen LogP contribution in [-0.2, 0) is 14.3 Å². The summed E-state index contributed by atoms with van der Waals surface area (Å²) in [5.74, 6) is -0.390. The van der Waals surface area contributed by atoms with Crippen molar-refractivity contribution >= 4 is 29.0 Å². The second-order valence-corrected chi connectivity index (χ2v) is 8.15. The monoisotopic (exact) mass is 404 g/mol. The van der Waals surface area contributed by atoms with Gasteiger partial charge in [-0.1, -0.05) is 49.9 Å². The zero-order valence-electron chi connectivity index (χ0n) is 16.9. The van der Waals surface area contributed by atoms with Crippen LogP contribution in [-0.4, -0.2) is 53.5 Å². The van der Waals surface area contributed by atoms with Gasteiger partial charge in [0, 0.05) is 24.7 Å². The molecule has 0 radical (unpaired) electrons. The Morgan fingerprint density at radius 3 is 2.25 bits per heavy atom. The number of hydrogen-bond acceptors (Lipinski definition) is 4. The van der Waals surface area contributed by atoms with Crippen molar-refractivity contribution in [1.82, 2.24) is 9.80 Å². The minimum absolute atomic E-state index is 0.00391. The Bertz CT molecular complexity index is 750. The highest BCUT2D eigenvalue weighted by molar-refractivity contribution is 6.36. The van der Waals surface area contributed by atoms with Crippen molar-refractivity contribution in [3.63, 3.8) is 0 Å². The summed E-state index contributed by atoms with van der Waals surface area (Å²) in [6, 6.07) is 7.15. The summed E-state index contributed by atoms with van der Waals surface area (Å²) in [7, 11) is 0.